The zero-order valence-corrected chi connectivity index (χ0v) is 29.8. The Bertz CT molecular complexity index is 1550. The van der Waals surface area contributed by atoms with E-state index in [1.165, 1.54) is 38.0 Å². The number of hydrogen-bond donors (Lipinski definition) is 2. The van der Waals surface area contributed by atoms with E-state index in [1.807, 2.05) is 25.1 Å². The largest absolute Gasteiger partial charge is 0.534 e. The van der Waals surface area contributed by atoms with Gasteiger partial charge in [-0.1, -0.05) is 77.2 Å². The minimum atomic E-state index is -5.87. The van der Waals surface area contributed by atoms with Crippen LogP contribution in [-0.4, -0.2) is 24.1 Å². The average Bonchev–Trinajstić information content (AvgIpc) is 3.01. The van der Waals surface area contributed by atoms with Gasteiger partial charge in [-0.25, -0.2) is 13.2 Å². The molecule has 0 bridgehead atoms. The summed E-state index contributed by atoms with van der Waals surface area (Å²) in [5.41, 5.74) is -2.02. The van der Waals surface area contributed by atoms with Gasteiger partial charge in [-0.2, -0.15) is 21.6 Å². The van der Waals surface area contributed by atoms with Gasteiger partial charge in [-0.05, 0) is 111 Å². The van der Waals surface area contributed by atoms with Gasteiger partial charge in [0.15, 0.2) is 34.7 Å². The van der Waals surface area contributed by atoms with Gasteiger partial charge in [-0.15, -0.1) is 0 Å². The molecule has 3 rings (SSSR count). The molecule has 274 valence electrons. The predicted octanol–water partition coefficient (Wildman–Crippen LogP) is 11.3. The van der Waals surface area contributed by atoms with E-state index in [9.17, 15) is 45.0 Å². The maximum absolute atomic E-state index is 13.8. The molecule has 0 aromatic heterocycles. The van der Waals surface area contributed by atoms with Crippen LogP contribution >= 0.6 is 0 Å². The number of aryl methyl sites for hydroxylation is 5. The second-order valence-electron chi connectivity index (χ2n) is 11.7. The van der Waals surface area contributed by atoms with Crippen molar-refractivity contribution in [2.45, 2.75) is 111 Å². The number of alkyl halides is 3. The van der Waals surface area contributed by atoms with Crippen molar-refractivity contribution in [1.82, 2.24) is 0 Å². The van der Waals surface area contributed by atoms with Gasteiger partial charge < -0.3 is 14.4 Å². The summed E-state index contributed by atoms with van der Waals surface area (Å²) in [6, 6.07) is 8.83. The molecule has 3 aromatic carbocycles. The number of allylic oxidation sites excluding steroid dienone is 1. The molecule has 0 radical (unpaired) electrons. The molecule has 12 heteroatoms. The van der Waals surface area contributed by atoms with Gasteiger partial charge in [0.25, 0.3) is 0 Å². The molecule has 0 aliphatic carbocycles. The van der Waals surface area contributed by atoms with Crippen LogP contribution in [-0.2, 0) is 23.0 Å². The summed E-state index contributed by atoms with van der Waals surface area (Å²) in [5, 5.41) is 18.4. The molecule has 0 atom stereocenters. The quantitative estimate of drug-likeness (QED) is 0.0795. The maximum atomic E-state index is 13.8. The van der Waals surface area contributed by atoms with E-state index in [-0.39, 0.29) is 17.1 Å². The minimum Gasteiger partial charge on any atom is -0.505 e. The Morgan fingerprint density at radius 2 is 1.14 bits per heavy atom. The van der Waals surface area contributed by atoms with Crippen LogP contribution in [0, 0.1) is 38.2 Å². The van der Waals surface area contributed by atoms with Crippen LogP contribution in [0.1, 0.15) is 106 Å². The van der Waals surface area contributed by atoms with Gasteiger partial charge in [0.05, 0.1) is 0 Å². The van der Waals surface area contributed by atoms with Crippen LogP contribution in [0.15, 0.2) is 42.5 Å². The van der Waals surface area contributed by atoms with Gasteiger partial charge in [-0.3, -0.25) is 0 Å². The lowest BCUT2D eigenvalue weighted by molar-refractivity contribution is -0.0501. The van der Waals surface area contributed by atoms with Crippen molar-refractivity contribution >= 4 is 16.2 Å². The number of phenols is 2. The molecule has 0 aliphatic heterocycles. The molecule has 2 N–H and O–H groups in total. The zero-order chi connectivity index (χ0) is 37.4. The fraction of sp³-hybridized carbons (Fsp3) is 0.459. The Kier molecular flexibility index (Phi) is 18.4. The molecule has 0 amide bonds. The van der Waals surface area contributed by atoms with Crippen molar-refractivity contribution in [1.29, 1.82) is 0 Å². The highest BCUT2D eigenvalue weighted by molar-refractivity contribution is 7.88. The first-order valence-electron chi connectivity index (χ1n) is 16.3. The fourth-order valence-electron chi connectivity index (χ4n) is 4.56. The third-order valence-electron chi connectivity index (χ3n) is 7.26. The van der Waals surface area contributed by atoms with Crippen LogP contribution in [0.2, 0.25) is 0 Å². The predicted molar refractivity (Wildman–Crippen MR) is 183 cm³/mol. The molecular formula is C37H48F6O5S. The number of aromatic hydroxyl groups is 2. The molecular weight excluding hydrogens is 670 g/mol. The minimum absolute atomic E-state index is 0.00863. The van der Waals surface area contributed by atoms with E-state index >= 15 is 0 Å². The Balaban J connectivity index is 0.000000380. The first kappa shape index (κ1) is 43.4. The van der Waals surface area contributed by atoms with Crippen LogP contribution in [0.5, 0.6) is 17.2 Å². The SMILES string of the molecule is CCC/C=C/c1cc(C)c(O)c(F)c1.CCCCCc1cc(C)c(O)c(F)c1.CCCCCc1cc(C)c(OS(=O)(=O)C(F)(F)F)c(F)c1. The van der Waals surface area contributed by atoms with E-state index in [0.717, 1.165) is 62.1 Å². The van der Waals surface area contributed by atoms with Crippen molar-refractivity contribution < 1.29 is 49.2 Å². The lowest BCUT2D eigenvalue weighted by Crippen LogP contribution is -2.28. The molecule has 0 aliphatic rings. The fourth-order valence-corrected chi connectivity index (χ4v) is 5.09. The Hall–Kier alpha value is -3.67. The highest BCUT2D eigenvalue weighted by Gasteiger charge is 2.49. The molecule has 5 nitrogen and oxygen atoms in total. The first-order valence-corrected chi connectivity index (χ1v) is 17.7. The molecule has 0 fully saturated rings. The number of hydrogen-bond acceptors (Lipinski definition) is 5. The number of unbranched alkanes of at least 4 members (excludes halogenated alkanes) is 5. The highest BCUT2D eigenvalue weighted by Crippen LogP contribution is 2.32. The molecule has 0 spiro atoms. The van der Waals surface area contributed by atoms with Crippen molar-refractivity contribution in [3.63, 3.8) is 0 Å². The van der Waals surface area contributed by atoms with Crippen LogP contribution in [0.25, 0.3) is 6.08 Å². The summed E-state index contributed by atoms with van der Waals surface area (Å²) in [6.45, 7) is 10.9. The topological polar surface area (TPSA) is 83.8 Å². The van der Waals surface area contributed by atoms with E-state index in [1.54, 1.807) is 19.9 Å². The average molecular weight is 719 g/mol. The van der Waals surface area contributed by atoms with Crippen molar-refractivity contribution in [2.24, 2.45) is 0 Å². The summed E-state index contributed by atoms with van der Waals surface area (Å²) in [7, 11) is -5.87. The van der Waals surface area contributed by atoms with Crippen LogP contribution in [0.3, 0.4) is 0 Å². The number of benzene rings is 3. The summed E-state index contributed by atoms with van der Waals surface area (Å²) >= 11 is 0. The third-order valence-corrected chi connectivity index (χ3v) is 8.21. The molecule has 3 aromatic rings. The molecule has 0 heterocycles. The number of phenolic OH excluding ortho intramolecular Hbond substituents is 2. The molecule has 49 heavy (non-hydrogen) atoms. The van der Waals surface area contributed by atoms with Gasteiger partial charge >= 0.3 is 15.6 Å². The lowest BCUT2D eigenvalue weighted by atomic mass is 10.0. The number of rotatable bonds is 13. The normalized spacial score (nSPS) is 11.5. The van der Waals surface area contributed by atoms with Crippen LogP contribution < -0.4 is 4.18 Å². The monoisotopic (exact) mass is 718 g/mol. The Morgan fingerprint density at radius 1 is 0.673 bits per heavy atom. The molecule has 0 unspecified atom stereocenters. The second-order valence-corrected chi connectivity index (χ2v) is 13.3. The van der Waals surface area contributed by atoms with Gasteiger partial charge in [0.1, 0.15) is 0 Å². The van der Waals surface area contributed by atoms with Crippen molar-refractivity contribution in [2.75, 3.05) is 0 Å². The summed E-state index contributed by atoms with van der Waals surface area (Å²) < 4.78 is 102. The van der Waals surface area contributed by atoms with Gasteiger partial charge in [0.2, 0.25) is 0 Å². The van der Waals surface area contributed by atoms with E-state index in [4.69, 9.17) is 0 Å². The molecule has 0 saturated heterocycles. The molecule has 0 saturated carbocycles. The van der Waals surface area contributed by atoms with E-state index in [2.05, 4.69) is 18.0 Å². The standard InChI is InChI=1S/C13H16F4O3S.C12H17FO.C12H15FO/c1-3-4-5-6-10-7-9(2)12(11(14)8-10)20-21(18,19)13(15,16)17;2*1-3-4-5-6-10-7-9(2)12(14)11(13)8-10/h7-8H,3-6H2,1-2H3;7-8,14H,3-6H2,1-2H3;5-8,14H,3-4H2,1-2H3/b;;6-5+. The maximum Gasteiger partial charge on any atom is 0.534 e. The Morgan fingerprint density at radius 3 is 1.57 bits per heavy atom. The lowest BCUT2D eigenvalue weighted by Gasteiger charge is -2.13. The third kappa shape index (κ3) is 14.8. The van der Waals surface area contributed by atoms with E-state index in [0.29, 0.717) is 23.1 Å². The summed E-state index contributed by atoms with van der Waals surface area (Å²) in [6.07, 6.45) is 13.6. The smallest absolute Gasteiger partial charge is 0.505 e. The zero-order valence-electron chi connectivity index (χ0n) is 29.0. The second kappa shape index (κ2) is 20.8. The van der Waals surface area contributed by atoms with E-state index < -0.39 is 38.8 Å². The summed E-state index contributed by atoms with van der Waals surface area (Å²) in [5.74, 6) is -3.56. The van der Waals surface area contributed by atoms with Crippen LogP contribution in [0.4, 0.5) is 26.3 Å². The Labute approximate surface area is 286 Å². The summed E-state index contributed by atoms with van der Waals surface area (Å²) in [4.78, 5) is 0. The highest BCUT2D eigenvalue weighted by atomic mass is 32.2. The van der Waals surface area contributed by atoms with Gasteiger partial charge in [0, 0.05) is 0 Å². The van der Waals surface area contributed by atoms with Crippen molar-refractivity contribution in [3.05, 3.63) is 93.3 Å². The van der Waals surface area contributed by atoms with Crippen molar-refractivity contribution in [3.8, 4) is 17.2 Å². The number of halogens is 6. The first-order chi connectivity index (χ1) is 22.9.